The third-order valence-corrected chi connectivity index (χ3v) is 7.67. The van der Waals surface area contributed by atoms with E-state index in [1.165, 1.54) is 28.6 Å². The predicted molar refractivity (Wildman–Crippen MR) is 103 cm³/mol. The smallest absolute Gasteiger partial charge is 0.261 e. The summed E-state index contributed by atoms with van der Waals surface area (Å²) in [7, 11) is -7.04. The van der Waals surface area contributed by atoms with Gasteiger partial charge in [0.25, 0.3) is 10.0 Å². The topological polar surface area (TPSA) is 83.6 Å². The van der Waals surface area contributed by atoms with E-state index >= 15 is 0 Å². The van der Waals surface area contributed by atoms with Crippen LogP contribution in [0.2, 0.25) is 0 Å². The molecule has 6 nitrogen and oxygen atoms in total. The molecule has 0 spiro atoms. The normalized spacial score (nSPS) is 17.0. The fourth-order valence-corrected chi connectivity index (χ4v) is 5.59. The van der Waals surface area contributed by atoms with Crippen molar-refractivity contribution < 1.29 is 16.8 Å². The van der Waals surface area contributed by atoms with Crippen molar-refractivity contribution in [3.8, 4) is 0 Å². The summed E-state index contributed by atoms with van der Waals surface area (Å²) in [5.74, 6) is 0.127. The quantitative estimate of drug-likeness (QED) is 0.845. The first-order chi connectivity index (χ1) is 12.3. The molecule has 0 saturated carbocycles. The van der Waals surface area contributed by atoms with E-state index in [2.05, 4.69) is 4.72 Å². The van der Waals surface area contributed by atoms with Crippen LogP contribution in [0.1, 0.15) is 25.3 Å². The van der Waals surface area contributed by atoms with Gasteiger partial charge in [0.15, 0.2) is 0 Å². The van der Waals surface area contributed by atoms with E-state index < -0.39 is 20.0 Å². The van der Waals surface area contributed by atoms with Gasteiger partial charge in [-0.1, -0.05) is 19.1 Å². The summed E-state index contributed by atoms with van der Waals surface area (Å²) < 4.78 is 53.3. The molecule has 0 amide bonds. The lowest BCUT2D eigenvalue weighted by atomic mass is 10.2. The molecular formula is C18H22N2O4S2. The zero-order valence-electron chi connectivity index (χ0n) is 14.6. The minimum atomic E-state index is -3.73. The van der Waals surface area contributed by atoms with Crippen LogP contribution >= 0.6 is 0 Å². The predicted octanol–water partition coefficient (Wildman–Crippen LogP) is 2.98. The van der Waals surface area contributed by atoms with E-state index in [0.717, 1.165) is 18.4 Å². The maximum atomic E-state index is 12.5. The zero-order valence-corrected chi connectivity index (χ0v) is 16.2. The van der Waals surface area contributed by atoms with Gasteiger partial charge >= 0.3 is 0 Å². The SMILES string of the molecule is CCc1ccc(NS(=O)(=O)c2ccc(N3CCCCS3(=O)=O)cc2)cc1. The molecule has 1 heterocycles. The molecule has 0 radical (unpaired) electrons. The largest absolute Gasteiger partial charge is 0.280 e. The molecule has 1 saturated heterocycles. The van der Waals surface area contributed by atoms with Gasteiger partial charge in [-0.3, -0.25) is 9.03 Å². The monoisotopic (exact) mass is 394 g/mol. The van der Waals surface area contributed by atoms with E-state index in [-0.39, 0.29) is 10.6 Å². The second kappa shape index (κ2) is 7.28. The molecule has 0 unspecified atom stereocenters. The number of hydrogen-bond acceptors (Lipinski definition) is 4. The van der Waals surface area contributed by atoms with Crippen molar-refractivity contribution in [3.05, 3.63) is 54.1 Å². The van der Waals surface area contributed by atoms with Crippen molar-refractivity contribution in [2.75, 3.05) is 21.3 Å². The van der Waals surface area contributed by atoms with Crippen LogP contribution in [0.5, 0.6) is 0 Å². The van der Waals surface area contributed by atoms with E-state index in [1.807, 2.05) is 19.1 Å². The summed E-state index contributed by atoms with van der Waals surface area (Å²) in [5, 5.41) is 0. The molecule has 140 valence electrons. The van der Waals surface area contributed by atoms with Crippen LogP contribution in [-0.2, 0) is 26.5 Å². The number of sulfonamides is 2. The summed E-state index contributed by atoms with van der Waals surface area (Å²) in [6, 6.07) is 13.2. The molecular weight excluding hydrogens is 372 g/mol. The molecule has 0 aliphatic carbocycles. The van der Waals surface area contributed by atoms with Gasteiger partial charge in [-0.25, -0.2) is 16.8 Å². The van der Waals surface area contributed by atoms with Gasteiger partial charge in [-0.05, 0) is 61.2 Å². The highest BCUT2D eigenvalue weighted by atomic mass is 32.2. The Morgan fingerprint density at radius 3 is 2.23 bits per heavy atom. The Bertz CT molecular complexity index is 967. The molecule has 0 bridgehead atoms. The number of aryl methyl sites for hydroxylation is 1. The standard InChI is InChI=1S/C18H22N2O4S2/c1-2-15-5-7-16(8-6-15)19-26(23,24)18-11-9-17(10-12-18)20-13-3-4-14-25(20,21)22/h5-12,19H,2-4,13-14H2,1H3. The molecule has 1 aliphatic heterocycles. The van der Waals surface area contributed by atoms with Crippen LogP contribution in [-0.4, -0.2) is 29.1 Å². The molecule has 1 N–H and O–H groups in total. The highest BCUT2D eigenvalue weighted by Crippen LogP contribution is 2.25. The zero-order chi connectivity index (χ0) is 18.8. The Kier molecular flexibility index (Phi) is 5.24. The fourth-order valence-electron chi connectivity index (χ4n) is 2.89. The number of anilines is 2. The Balaban J connectivity index is 1.80. The average molecular weight is 395 g/mol. The molecule has 1 fully saturated rings. The van der Waals surface area contributed by atoms with Crippen LogP contribution < -0.4 is 9.03 Å². The van der Waals surface area contributed by atoms with Gasteiger partial charge in [-0.2, -0.15) is 0 Å². The highest BCUT2D eigenvalue weighted by molar-refractivity contribution is 7.93. The summed E-state index contributed by atoms with van der Waals surface area (Å²) in [6.45, 7) is 2.46. The minimum absolute atomic E-state index is 0.0928. The van der Waals surface area contributed by atoms with Crippen molar-refractivity contribution >= 4 is 31.4 Å². The Hall–Kier alpha value is -2.06. The first-order valence-electron chi connectivity index (χ1n) is 8.54. The number of rotatable bonds is 5. The van der Waals surface area contributed by atoms with E-state index in [4.69, 9.17) is 0 Å². The van der Waals surface area contributed by atoms with Crippen LogP contribution in [0.15, 0.2) is 53.4 Å². The highest BCUT2D eigenvalue weighted by Gasteiger charge is 2.26. The lowest BCUT2D eigenvalue weighted by Crippen LogP contribution is -2.37. The third kappa shape index (κ3) is 4.02. The van der Waals surface area contributed by atoms with Crippen molar-refractivity contribution in [2.24, 2.45) is 0 Å². The lowest BCUT2D eigenvalue weighted by Gasteiger charge is -2.28. The molecule has 0 aromatic heterocycles. The molecule has 26 heavy (non-hydrogen) atoms. The number of nitrogens with zero attached hydrogens (tertiary/aromatic N) is 1. The van der Waals surface area contributed by atoms with E-state index in [0.29, 0.717) is 24.3 Å². The Labute approximate surface area is 155 Å². The molecule has 3 rings (SSSR count). The second-order valence-electron chi connectivity index (χ2n) is 6.25. The minimum Gasteiger partial charge on any atom is -0.280 e. The Morgan fingerprint density at radius 1 is 1.00 bits per heavy atom. The summed E-state index contributed by atoms with van der Waals surface area (Å²) >= 11 is 0. The van der Waals surface area contributed by atoms with Crippen LogP contribution in [0.3, 0.4) is 0 Å². The van der Waals surface area contributed by atoms with Crippen LogP contribution in [0, 0.1) is 0 Å². The fraction of sp³-hybridized carbons (Fsp3) is 0.333. The molecule has 2 aromatic carbocycles. The number of nitrogens with one attached hydrogen (secondary N) is 1. The van der Waals surface area contributed by atoms with Gasteiger partial charge < -0.3 is 0 Å². The van der Waals surface area contributed by atoms with Crippen LogP contribution in [0.25, 0.3) is 0 Å². The van der Waals surface area contributed by atoms with E-state index in [1.54, 1.807) is 12.1 Å². The van der Waals surface area contributed by atoms with E-state index in [9.17, 15) is 16.8 Å². The van der Waals surface area contributed by atoms with Crippen molar-refractivity contribution in [1.82, 2.24) is 0 Å². The summed E-state index contributed by atoms with van der Waals surface area (Å²) in [5.41, 5.74) is 2.11. The molecule has 0 atom stereocenters. The van der Waals surface area contributed by atoms with Crippen molar-refractivity contribution in [2.45, 2.75) is 31.1 Å². The van der Waals surface area contributed by atoms with Gasteiger partial charge in [0.05, 0.1) is 16.3 Å². The van der Waals surface area contributed by atoms with Gasteiger partial charge in [0.1, 0.15) is 0 Å². The third-order valence-electron chi connectivity index (χ3n) is 4.40. The lowest BCUT2D eigenvalue weighted by molar-refractivity contribution is 0.574. The van der Waals surface area contributed by atoms with Crippen molar-refractivity contribution in [1.29, 1.82) is 0 Å². The number of hydrogen-bond donors (Lipinski definition) is 1. The Morgan fingerprint density at radius 2 is 1.65 bits per heavy atom. The first-order valence-corrected chi connectivity index (χ1v) is 11.6. The molecule has 1 aliphatic rings. The maximum Gasteiger partial charge on any atom is 0.261 e. The van der Waals surface area contributed by atoms with Gasteiger partial charge in [-0.15, -0.1) is 0 Å². The maximum absolute atomic E-state index is 12.5. The van der Waals surface area contributed by atoms with Gasteiger partial charge in [0, 0.05) is 12.2 Å². The summed E-state index contributed by atoms with van der Waals surface area (Å²) in [6.07, 6.45) is 2.34. The summed E-state index contributed by atoms with van der Waals surface area (Å²) in [4.78, 5) is 0.0928. The molecule has 2 aromatic rings. The second-order valence-corrected chi connectivity index (χ2v) is 9.94. The number of benzene rings is 2. The molecule has 8 heteroatoms. The van der Waals surface area contributed by atoms with Crippen molar-refractivity contribution in [3.63, 3.8) is 0 Å². The first kappa shape index (κ1) is 18.7. The average Bonchev–Trinajstić information content (AvgIpc) is 2.62. The van der Waals surface area contributed by atoms with Gasteiger partial charge in [0.2, 0.25) is 10.0 Å². The van der Waals surface area contributed by atoms with Crippen LogP contribution in [0.4, 0.5) is 11.4 Å².